The van der Waals surface area contributed by atoms with Crippen molar-refractivity contribution in [2.24, 2.45) is 0 Å². The van der Waals surface area contributed by atoms with E-state index in [-0.39, 0.29) is 12.0 Å². The second kappa shape index (κ2) is 6.19. The average Bonchev–Trinajstić information content (AvgIpc) is 2.41. The fourth-order valence-corrected chi connectivity index (χ4v) is 1.82. The quantitative estimate of drug-likeness (QED) is 0.926. The highest BCUT2D eigenvalue weighted by Gasteiger charge is 2.08. The molecule has 1 aromatic heterocycles. The monoisotopic (exact) mass is 270 g/mol. The Labute approximate surface area is 118 Å². The molecule has 0 aliphatic carbocycles. The van der Waals surface area contributed by atoms with E-state index < -0.39 is 0 Å². The molecular weight excluding hydrogens is 252 g/mol. The van der Waals surface area contributed by atoms with Crippen molar-refractivity contribution in [1.82, 2.24) is 4.98 Å². The predicted molar refractivity (Wildman–Crippen MR) is 79.1 cm³/mol. The Kier molecular flexibility index (Phi) is 4.35. The van der Waals surface area contributed by atoms with E-state index in [1.54, 1.807) is 18.5 Å². The van der Waals surface area contributed by atoms with Gasteiger partial charge >= 0.3 is 0 Å². The predicted octanol–water partition coefficient (Wildman–Crippen LogP) is 3.43. The van der Waals surface area contributed by atoms with E-state index in [2.05, 4.69) is 10.3 Å². The lowest BCUT2D eigenvalue weighted by Gasteiger charge is -2.11. The number of amides is 1. The molecule has 4 nitrogen and oxygen atoms in total. The zero-order chi connectivity index (χ0) is 14.5. The molecule has 0 aliphatic rings. The summed E-state index contributed by atoms with van der Waals surface area (Å²) in [5.41, 5.74) is 2.22. The fraction of sp³-hybridized carbons (Fsp3) is 0.250. The maximum absolute atomic E-state index is 12.1. The lowest BCUT2D eigenvalue weighted by molar-refractivity contribution is 0.102. The Hall–Kier alpha value is -2.36. The van der Waals surface area contributed by atoms with Gasteiger partial charge in [-0.25, -0.2) is 0 Å². The third-order valence-electron chi connectivity index (χ3n) is 2.75. The van der Waals surface area contributed by atoms with Gasteiger partial charge in [-0.05, 0) is 56.7 Å². The topological polar surface area (TPSA) is 51.2 Å². The van der Waals surface area contributed by atoms with Crippen molar-refractivity contribution in [3.05, 3.63) is 53.9 Å². The van der Waals surface area contributed by atoms with Gasteiger partial charge in [-0.15, -0.1) is 0 Å². The number of carbonyl (C=O) groups is 1. The first-order valence-electron chi connectivity index (χ1n) is 6.55. The van der Waals surface area contributed by atoms with Gasteiger partial charge < -0.3 is 10.1 Å². The summed E-state index contributed by atoms with van der Waals surface area (Å²) in [4.78, 5) is 16.1. The Balaban J connectivity index is 2.07. The smallest absolute Gasteiger partial charge is 0.256 e. The van der Waals surface area contributed by atoms with Crippen molar-refractivity contribution in [2.45, 2.75) is 26.9 Å². The number of hydrogen-bond donors (Lipinski definition) is 1. The van der Waals surface area contributed by atoms with Crippen LogP contribution in [0.5, 0.6) is 5.75 Å². The van der Waals surface area contributed by atoms with Crippen molar-refractivity contribution in [3.63, 3.8) is 0 Å². The molecule has 0 fully saturated rings. The molecular formula is C16H18N2O2. The molecule has 0 saturated heterocycles. The highest BCUT2D eigenvalue weighted by Crippen LogP contribution is 2.18. The first kappa shape index (κ1) is 14.1. The molecule has 20 heavy (non-hydrogen) atoms. The van der Waals surface area contributed by atoms with Gasteiger partial charge in [0.15, 0.2) is 0 Å². The normalized spacial score (nSPS) is 10.4. The van der Waals surface area contributed by atoms with Gasteiger partial charge in [0.05, 0.1) is 6.10 Å². The van der Waals surface area contributed by atoms with Crippen molar-refractivity contribution in [3.8, 4) is 5.75 Å². The second-order valence-corrected chi connectivity index (χ2v) is 4.84. The Morgan fingerprint density at radius 2 is 1.90 bits per heavy atom. The molecule has 2 rings (SSSR count). The summed E-state index contributed by atoms with van der Waals surface area (Å²) in [5.74, 6) is 0.653. The van der Waals surface area contributed by atoms with Gasteiger partial charge in [-0.2, -0.15) is 0 Å². The molecule has 0 spiro atoms. The van der Waals surface area contributed by atoms with Crippen LogP contribution in [-0.4, -0.2) is 17.0 Å². The minimum Gasteiger partial charge on any atom is -0.491 e. The minimum atomic E-state index is -0.137. The standard InChI is InChI=1S/C16H18N2O2/c1-11(2)20-14-6-4-13(5-7-14)18-16(19)15-8-9-17-10-12(15)3/h4-11H,1-3H3,(H,18,19). The highest BCUT2D eigenvalue weighted by molar-refractivity contribution is 6.05. The number of benzene rings is 1. The zero-order valence-electron chi connectivity index (χ0n) is 11.9. The number of hydrogen-bond acceptors (Lipinski definition) is 3. The third kappa shape index (κ3) is 3.57. The van der Waals surface area contributed by atoms with Crippen LogP contribution in [0.3, 0.4) is 0 Å². The van der Waals surface area contributed by atoms with Gasteiger partial charge in [-0.3, -0.25) is 9.78 Å². The van der Waals surface area contributed by atoms with E-state index in [1.165, 1.54) is 0 Å². The largest absolute Gasteiger partial charge is 0.491 e. The van der Waals surface area contributed by atoms with Crippen molar-refractivity contribution in [2.75, 3.05) is 5.32 Å². The SMILES string of the molecule is Cc1cnccc1C(=O)Nc1ccc(OC(C)C)cc1. The molecule has 4 heteroatoms. The maximum Gasteiger partial charge on any atom is 0.256 e. The van der Waals surface area contributed by atoms with Crippen LogP contribution in [0.2, 0.25) is 0 Å². The lowest BCUT2D eigenvalue weighted by atomic mass is 10.1. The van der Waals surface area contributed by atoms with E-state index >= 15 is 0 Å². The Morgan fingerprint density at radius 3 is 2.50 bits per heavy atom. The van der Waals surface area contributed by atoms with Crippen LogP contribution in [0.1, 0.15) is 29.8 Å². The van der Waals surface area contributed by atoms with E-state index in [1.807, 2.05) is 45.0 Å². The number of anilines is 1. The van der Waals surface area contributed by atoms with Crippen LogP contribution in [0, 0.1) is 6.92 Å². The minimum absolute atomic E-state index is 0.134. The number of pyridine rings is 1. The van der Waals surface area contributed by atoms with Crippen LogP contribution in [0.25, 0.3) is 0 Å². The molecule has 2 aromatic rings. The zero-order valence-corrected chi connectivity index (χ0v) is 11.9. The number of aromatic nitrogens is 1. The maximum atomic E-state index is 12.1. The second-order valence-electron chi connectivity index (χ2n) is 4.84. The van der Waals surface area contributed by atoms with Crippen LogP contribution in [0.4, 0.5) is 5.69 Å². The number of ether oxygens (including phenoxy) is 1. The third-order valence-corrected chi connectivity index (χ3v) is 2.75. The van der Waals surface area contributed by atoms with Gasteiger partial charge in [-0.1, -0.05) is 0 Å². The first-order chi connectivity index (χ1) is 9.56. The molecule has 104 valence electrons. The summed E-state index contributed by atoms with van der Waals surface area (Å²) in [6.45, 7) is 5.81. The summed E-state index contributed by atoms with van der Waals surface area (Å²) in [6.07, 6.45) is 3.42. The van der Waals surface area contributed by atoms with Crippen LogP contribution < -0.4 is 10.1 Å². The van der Waals surface area contributed by atoms with E-state index in [0.29, 0.717) is 5.56 Å². The van der Waals surface area contributed by atoms with Crippen molar-refractivity contribution >= 4 is 11.6 Å². The van der Waals surface area contributed by atoms with Gasteiger partial charge in [0.2, 0.25) is 0 Å². The fourth-order valence-electron chi connectivity index (χ4n) is 1.82. The van der Waals surface area contributed by atoms with Crippen LogP contribution in [0.15, 0.2) is 42.7 Å². The van der Waals surface area contributed by atoms with Crippen molar-refractivity contribution in [1.29, 1.82) is 0 Å². The molecule has 0 atom stereocenters. The van der Waals surface area contributed by atoms with E-state index in [0.717, 1.165) is 17.0 Å². The average molecular weight is 270 g/mol. The van der Waals surface area contributed by atoms with Gasteiger partial charge in [0.25, 0.3) is 5.91 Å². The molecule has 0 saturated carbocycles. The molecule has 1 heterocycles. The number of aryl methyl sites for hydroxylation is 1. The van der Waals surface area contributed by atoms with Crippen LogP contribution in [-0.2, 0) is 0 Å². The van der Waals surface area contributed by atoms with Gasteiger partial charge in [0, 0.05) is 23.6 Å². The van der Waals surface area contributed by atoms with E-state index in [4.69, 9.17) is 4.74 Å². The summed E-state index contributed by atoms with van der Waals surface area (Å²) >= 11 is 0. The van der Waals surface area contributed by atoms with Crippen molar-refractivity contribution < 1.29 is 9.53 Å². The highest BCUT2D eigenvalue weighted by atomic mass is 16.5. The number of nitrogens with one attached hydrogen (secondary N) is 1. The molecule has 1 N–H and O–H groups in total. The Bertz CT molecular complexity index is 592. The summed E-state index contributed by atoms with van der Waals surface area (Å²) < 4.78 is 5.56. The van der Waals surface area contributed by atoms with E-state index in [9.17, 15) is 4.79 Å². The number of rotatable bonds is 4. The van der Waals surface area contributed by atoms with Gasteiger partial charge in [0.1, 0.15) is 5.75 Å². The first-order valence-corrected chi connectivity index (χ1v) is 6.55. The number of carbonyl (C=O) groups excluding carboxylic acids is 1. The molecule has 0 aliphatic heterocycles. The summed E-state index contributed by atoms with van der Waals surface area (Å²) in [5, 5.41) is 2.86. The lowest BCUT2D eigenvalue weighted by Crippen LogP contribution is -2.13. The molecule has 0 bridgehead atoms. The number of nitrogens with zero attached hydrogens (tertiary/aromatic N) is 1. The molecule has 0 radical (unpaired) electrons. The van der Waals surface area contributed by atoms with Crippen LogP contribution >= 0.6 is 0 Å². The summed E-state index contributed by atoms with van der Waals surface area (Å²) in [6, 6.07) is 9.04. The molecule has 1 amide bonds. The Morgan fingerprint density at radius 1 is 1.20 bits per heavy atom. The summed E-state index contributed by atoms with van der Waals surface area (Å²) in [7, 11) is 0. The molecule has 0 unspecified atom stereocenters. The molecule has 1 aromatic carbocycles.